The predicted octanol–water partition coefficient (Wildman–Crippen LogP) is 7.46. The number of nitrogens with one attached hydrogen (secondary N) is 5. The molecule has 8 amide bonds. The lowest BCUT2D eigenvalue weighted by Gasteiger charge is -2.28. The summed E-state index contributed by atoms with van der Waals surface area (Å²) in [5.74, 6) is -0.995. The molecule has 5 rings (SSSR count). The minimum Gasteiger partial charge on any atom is -0.445 e. The summed E-state index contributed by atoms with van der Waals surface area (Å²) in [7, 11) is 0. The molecule has 0 radical (unpaired) electrons. The van der Waals surface area contributed by atoms with E-state index >= 15 is 0 Å². The van der Waals surface area contributed by atoms with Gasteiger partial charge in [0.1, 0.15) is 24.5 Å². The number of aliphatic imine (C=N–C) groups is 1. The van der Waals surface area contributed by atoms with Crippen molar-refractivity contribution in [2.45, 2.75) is 144 Å². The number of unbranched alkanes of at least 4 members (excludes halogenated alkanes) is 3. The number of pyridine rings is 1. The third-order valence-corrected chi connectivity index (χ3v) is 12.7. The Morgan fingerprint density at radius 3 is 2.24 bits per heavy atom. The number of nitrogens with zero attached hydrogens (tertiary/aromatic N) is 4. The molecular formula is C55H77N11O8. The lowest BCUT2D eigenvalue weighted by Crippen LogP contribution is -2.54. The number of rotatable bonds is 26. The fourth-order valence-electron chi connectivity index (χ4n) is 8.75. The number of carbonyl (C=O) groups is 7. The third-order valence-electron chi connectivity index (χ3n) is 12.7. The second kappa shape index (κ2) is 28.8. The number of hydrogen-bond acceptors (Lipinski definition) is 11. The fraction of sp³-hybridized carbons (Fsp3) is 0.509. The average Bonchev–Trinajstić information content (AvgIpc) is 3.53. The summed E-state index contributed by atoms with van der Waals surface area (Å²) in [5, 5.41) is 13.9. The van der Waals surface area contributed by atoms with Gasteiger partial charge >= 0.3 is 12.1 Å². The Labute approximate surface area is 435 Å². The summed E-state index contributed by atoms with van der Waals surface area (Å²) in [4.78, 5) is 104. The van der Waals surface area contributed by atoms with Crippen LogP contribution in [0.2, 0.25) is 0 Å². The largest absolute Gasteiger partial charge is 0.445 e. The topological polar surface area (TPSA) is 273 Å². The minimum absolute atomic E-state index is 0.0448. The normalized spacial score (nSPS) is 13.8. The molecule has 2 aliphatic rings. The third kappa shape index (κ3) is 18.0. The first-order chi connectivity index (χ1) is 35.4. The van der Waals surface area contributed by atoms with E-state index in [2.05, 4.69) is 50.4 Å². The molecule has 1 aromatic heterocycles. The van der Waals surface area contributed by atoms with Crippen LogP contribution in [0.4, 0.5) is 26.7 Å². The molecule has 2 aromatic carbocycles. The second-order valence-electron chi connectivity index (χ2n) is 19.8. The first-order valence-corrected chi connectivity index (χ1v) is 26.1. The predicted molar refractivity (Wildman–Crippen MR) is 287 cm³/mol. The molecule has 0 saturated heterocycles. The van der Waals surface area contributed by atoms with Gasteiger partial charge in [0.25, 0.3) is 5.91 Å². The van der Waals surface area contributed by atoms with Gasteiger partial charge in [-0.2, -0.15) is 0 Å². The van der Waals surface area contributed by atoms with E-state index in [0.717, 1.165) is 56.2 Å². The van der Waals surface area contributed by atoms with Gasteiger partial charge in [-0.05, 0) is 91.5 Å². The van der Waals surface area contributed by atoms with E-state index in [-0.39, 0.29) is 56.1 Å². The first-order valence-electron chi connectivity index (χ1n) is 26.1. The van der Waals surface area contributed by atoms with E-state index in [1.54, 1.807) is 65.7 Å². The van der Waals surface area contributed by atoms with Crippen LogP contribution >= 0.6 is 0 Å². The molecule has 0 saturated carbocycles. The first kappa shape index (κ1) is 57.6. The van der Waals surface area contributed by atoms with Gasteiger partial charge < -0.3 is 52.6 Å². The van der Waals surface area contributed by atoms with Crippen molar-refractivity contribution < 1.29 is 38.3 Å². The van der Waals surface area contributed by atoms with Crippen LogP contribution in [0.5, 0.6) is 0 Å². The van der Waals surface area contributed by atoms with Crippen molar-refractivity contribution in [3.8, 4) is 0 Å². The van der Waals surface area contributed by atoms with E-state index in [1.807, 2.05) is 32.6 Å². The smallest absolute Gasteiger partial charge is 0.410 e. The Morgan fingerprint density at radius 2 is 1.55 bits per heavy atom. The summed E-state index contributed by atoms with van der Waals surface area (Å²) in [6, 6.07) is 11.0. The van der Waals surface area contributed by atoms with Gasteiger partial charge in [0, 0.05) is 73.5 Å². The zero-order valence-corrected chi connectivity index (χ0v) is 44.0. The van der Waals surface area contributed by atoms with Crippen LogP contribution < -0.4 is 38.1 Å². The number of primary amides is 1. The van der Waals surface area contributed by atoms with Gasteiger partial charge in [0.05, 0.1) is 24.1 Å². The highest BCUT2D eigenvalue weighted by atomic mass is 16.6. The molecule has 3 aromatic rings. The molecule has 74 heavy (non-hydrogen) atoms. The number of carbonyl (C=O) groups excluding carboxylic acids is 7. The Balaban J connectivity index is 1.14. The summed E-state index contributed by atoms with van der Waals surface area (Å²) >= 11 is 0. The van der Waals surface area contributed by atoms with Crippen LogP contribution in [0.1, 0.15) is 145 Å². The highest BCUT2D eigenvalue weighted by molar-refractivity contribution is 6.08. The second-order valence-corrected chi connectivity index (χ2v) is 19.8. The number of urea groups is 1. The van der Waals surface area contributed by atoms with E-state index in [4.69, 9.17) is 16.2 Å². The zero-order chi connectivity index (χ0) is 53.7. The SMILES string of the molecule is CCCN(CCC)C(=O)C1=Cc2ccc(C(=O)Nc3cnc4c(c3)CN(C(=O)OCc3ccc(NC(=O)[C@H](CCCNC(N)=O)NC(=O)[C@@H](NC(=O)CCCCCCC(C)C)C(C)C)cc3)CC4)cc2N=C(N)C1. The quantitative estimate of drug-likeness (QED) is 0.0390. The van der Waals surface area contributed by atoms with Crippen LogP contribution in [-0.4, -0.2) is 101 Å². The van der Waals surface area contributed by atoms with Crippen LogP contribution in [0.3, 0.4) is 0 Å². The molecule has 0 fully saturated rings. The van der Waals surface area contributed by atoms with Gasteiger partial charge in [-0.15, -0.1) is 0 Å². The van der Waals surface area contributed by atoms with Crippen LogP contribution in [0.15, 0.2) is 65.3 Å². The molecule has 400 valence electrons. The number of nitrogens with two attached hydrogens (primary N) is 2. The Morgan fingerprint density at radius 1 is 0.824 bits per heavy atom. The summed E-state index contributed by atoms with van der Waals surface area (Å²) in [5.41, 5.74) is 16.7. The Hall–Kier alpha value is -7.31. The molecular weight excluding hydrogens is 943 g/mol. The molecule has 2 aliphatic heterocycles. The summed E-state index contributed by atoms with van der Waals surface area (Å²) < 4.78 is 5.69. The van der Waals surface area contributed by atoms with Crippen molar-refractivity contribution in [1.82, 2.24) is 30.7 Å². The molecule has 0 aliphatic carbocycles. The maximum Gasteiger partial charge on any atom is 0.410 e. The van der Waals surface area contributed by atoms with Crippen LogP contribution in [0.25, 0.3) is 6.08 Å². The number of anilines is 2. The highest BCUT2D eigenvalue weighted by Gasteiger charge is 2.30. The van der Waals surface area contributed by atoms with Crippen molar-refractivity contribution in [2.24, 2.45) is 28.3 Å². The van der Waals surface area contributed by atoms with Gasteiger partial charge in [0.15, 0.2) is 0 Å². The Bertz CT molecular complexity index is 2500. The number of hydrogen-bond donors (Lipinski definition) is 7. The van der Waals surface area contributed by atoms with Crippen molar-refractivity contribution in [2.75, 3.05) is 36.8 Å². The summed E-state index contributed by atoms with van der Waals surface area (Å²) in [6.45, 7) is 14.1. The van der Waals surface area contributed by atoms with Crippen molar-refractivity contribution >= 4 is 70.6 Å². The van der Waals surface area contributed by atoms with E-state index in [0.29, 0.717) is 84.1 Å². The number of aromatic nitrogens is 1. The maximum absolute atomic E-state index is 13.7. The van der Waals surface area contributed by atoms with Gasteiger partial charge in [-0.25, -0.2) is 14.6 Å². The monoisotopic (exact) mass is 1020 g/mol. The highest BCUT2D eigenvalue weighted by Crippen LogP contribution is 2.30. The average molecular weight is 1020 g/mol. The molecule has 19 nitrogen and oxygen atoms in total. The molecule has 19 heteroatoms. The number of fused-ring (bicyclic) bond motifs is 2. The van der Waals surface area contributed by atoms with Gasteiger partial charge in [-0.1, -0.05) is 85.4 Å². The summed E-state index contributed by atoms with van der Waals surface area (Å²) in [6.07, 6.45) is 11.0. The van der Waals surface area contributed by atoms with Crippen molar-refractivity contribution in [3.05, 3.63) is 88.2 Å². The van der Waals surface area contributed by atoms with E-state index in [9.17, 15) is 33.6 Å². The molecule has 0 bridgehead atoms. The standard InChI is InChI=1S/C55H77N11O8/c1-7-25-65(26-8-2)53(71)40-28-38-19-20-39(30-46(38)62-47(56)31-40)50(68)61-43-29-41-33-66(27-23-44(41)59-32-43)55(73)74-34-37-17-21-42(22-18-37)60-51(69)45(15-13-24-58-54(57)72)63-52(70)49(36(5)6)64-48(67)16-12-10-9-11-14-35(3)4/h17-22,28-30,32,35-36,45,49H,7-16,23-27,31,33-34H2,1-6H3,(H2,56,62)(H,60,69)(H,61,68)(H,63,70)(H,64,67)(H3,57,58,72)/t45-,49-/m0/s1. The number of amidine groups is 1. The van der Waals surface area contributed by atoms with Gasteiger partial charge in [-0.3, -0.25) is 29.0 Å². The minimum atomic E-state index is -0.998. The molecule has 3 heterocycles. The number of benzene rings is 2. The van der Waals surface area contributed by atoms with E-state index < -0.39 is 41.9 Å². The zero-order valence-electron chi connectivity index (χ0n) is 44.0. The molecule has 0 spiro atoms. The molecule has 9 N–H and O–H groups in total. The maximum atomic E-state index is 13.7. The van der Waals surface area contributed by atoms with Gasteiger partial charge in [0.2, 0.25) is 23.6 Å². The van der Waals surface area contributed by atoms with Crippen molar-refractivity contribution in [3.63, 3.8) is 0 Å². The lowest BCUT2D eigenvalue weighted by atomic mass is 10.0. The lowest BCUT2D eigenvalue weighted by molar-refractivity contribution is -0.132. The van der Waals surface area contributed by atoms with Crippen molar-refractivity contribution in [1.29, 1.82) is 0 Å². The molecule has 2 atom stereocenters. The Kier molecular flexibility index (Phi) is 22.4. The van der Waals surface area contributed by atoms with E-state index in [1.165, 1.54) is 0 Å². The number of amides is 8. The molecule has 0 unspecified atom stereocenters. The fourth-order valence-corrected chi connectivity index (χ4v) is 8.75. The van der Waals surface area contributed by atoms with Crippen LogP contribution in [0, 0.1) is 11.8 Å². The van der Waals surface area contributed by atoms with Crippen LogP contribution in [-0.2, 0) is 43.5 Å². The number of ether oxygens (including phenoxy) is 1.